The minimum atomic E-state index is -4.31. The van der Waals surface area contributed by atoms with Crippen LogP contribution in [0.25, 0.3) is 11.0 Å². The molecule has 0 saturated carbocycles. The highest BCUT2D eigenvalue weighted by Gasteiger charge is 2.30. The quantitative estimate of drug-likeness (QED) is 0.861. The number of fused-ring (bicyclic) bond motifs is 1. The third-order valence-electron chi connectivity index (χ3n) is 3.02. The number of imidazole rings is 1. The Hall–Kier alpha value is -1.52. The molecule has 98 valence electrons. The number of nitrogens with zero attached hydrogens (tertiary/aromatic N) is 1. The molecule has 1 heterocycles. The number of nitrogens with one attached hydrogen (secondary N) is 1. The van der Waals surface area contributed by atoms with E-state index in [9.17, 15) is 13.2 Å². The maximum absolute atomic E-state index is 12.6. The molecule has 0 aliphatic heterocycles. The van der Waals surface area contributed by atoms with Crippen LogP contribution in [0.15, 0.2) is 18.2 Å². The van der Waals surface area contributed by atoms with Crippen LogP contribution in [0.3, 0.4) is 0 Å². The lowest BCUT2D eigenvalue weighted by Gasteiger charge is -2.05. The van der Waals surface area contributed by atoms with Crippen LogP contribution in [-0.2, 0) is 6.18 Å². The number of rotatable bonds is 3. The van der Waals surface area contributed by atoms with E-state index in [1.54, 1.807) is 0 Å². The smallest absolute Gasteiger partial charge is 0.342 e. The average molecular weight is 256 g/mol. The molecule has 2 aromatic rings. The highest BCUT2D eigenvalue weighted by atomic mass is 19.4. The van der Waals surface area contributed by atoms with Gasteiger partial charge in [-0.25, -0.2) is 4.98 Å². The lowest BCUT2D eigenvalue weighted by molar-refractivity contribution is -0.137. The number of alkyl halides is 3. The summed E-state index contributed by atoms with van der Waals surface area (Å²) >= 11 is 0. The summed E-state index contributed by atoms with van der Waals surface area (Å²) in [6.07, 6.45) is -2.33. The van der Waals surface area contributed by atoms with Gasteiger partial charge in [0.15, 0.2) is 0 Å². The van der Waals surface area contributed by atoms with Crippen LogP contribution < -0.4 is 0 Å². The maximum atomic E-state index is 12.6. The first kappa shape index (κ1) is 12.9. The van der Waals surface area contributed by atoms with Crippen molar-refractivity contribution >= 4 is 11.0 Å². The number of H-pyrrole nitrogens is 1. The van der Waals surface area contributed by atoms with Gasteiger partial charge in [0, 0.05) is 5.92 Å². The summed E-state index contributed by atoms with van der Waals surface area (Å²) < 4.78 is 37.7. The Balaban J connectivity index is 2.40. The largest absolute Gasteiger partial charge is 0.416 e. The molecule has 2 nitrogen and oxygen atoms in total. The average Bonchev–Trinajstić information content (AvgIpc) is 2.70. The zero-order valence-electron chi connectivity index (χ0n) is 10.3. The predicted octanol–water partition coefficient (Wildman–Crippen LogP) is 4.49. The standard InChI is InChI=1S/C13H15F3N2/c1-3-4-8(2)12-17-10-6-5-9(13(14,15)16)7-11(10)18-12/h5-8H,3-4H2,1-2H3,(H,17,18). The summed E-state index contributed by atoms with van der Waals surface area (Å²) in [5.74, 6) is 0.989. The van der Waals surface area contributed by atoms with Crippen molar-refractivity contribution in [2.24, 2.45) is 0 Å². The SMILES string of the molecule is CCCC(C)c1nc2ccc(C(F)(F)F)cc2[nH]1. The second kappa shape index (κ2) is 4.63. The fourth-order valence-corrected chi connectivity index (χ4v) is 2.01. The summed E-state index contributed by atoms with van der Waals surface area (Å²) in [5.41, 5.74) is 0.386. The minimum absolute atomic E-state index is 0.233. The molecule has 1 N–H and O–H groups in total. The Morgan fingerprint density at radius 2 is 2.06 bits per heavy atom. The van der Waals surface area contributed by atoms with Gasteiger partial charge < -0.3 is 4.98 Å². The van der Waals surface area contributed by atoms with E-state index in [4.69, 9.17) is 0 Å². The van der Waals surface area contributed by atoms with Crippen molar-refractivity contribution in [2.45, 2.75) is 38.8 Å². The molecular weight excluding hydrogens is 241 g/mol. The van der Waals surface area contributed by atoms with Gasteiger partial charge in [-0.2, -0.15) is 13.2 Å². The summed E-state index contributed by atoms with van der Waals surface area (Å²) in [7, 11) is 0. The lowest BCUT2D eigenvalue weighted by Crippen LogP contribution is -2.04. The lowest BCUT2D eigenvalue weighted by atomic mass is 10.1. The second-order valence-corrected chi connectivity index (χ2v) is 4.54. The van der Waals surface area contributed by atoms with Crippen molar-refractivity contribution in [3.8, 4) is 0 Å². The number of aromatic nitrogens is 2. The van der Waals surface area contributed by atoms with Gasteiger partial charge >= 0.3 is 6.18 Å². The van der Waals surface area contributed by atoms with Gasteiger partial charge in [0.1, 0.15) is 5.82 Å². The molecule has 0 aliphatic rings. The van der Waals surface area contributed by atoms with Crippen molar-refractivity contribution in [1.29, 1.82) is 0 Å². The Morgan fingerprint density at radius 1 is 1.33 bits per heavy atom. The van der Waals surface area contributed by atoms with Crippen LogP contribution in [-0.4, -0.2) is 9.97 Å². The van der Waals surface area contributed by atoms with Crippen LogP contribution in [0.4, 0.5) is 13.2 Å². The monoisotopic (exact) mass is 256 g/mol. The first-order valence-electron chi connectivity index (χ1n) is 5.98. The van der Waals surface area contributed by atoms with Gasteiger partial charge in [0.2, 0.25) is 0 Å². The van der Waals surface area contributed by atoms with Gasteiger partial charge in [-0.15, -0.1) is 0 Å². The second-order valence-electron chi connectivity index (χ2n) is 4.54. The topological polar surface area (TPSA) is 28.7 Å². The van der Waals surface area contributed by atoms with E-state index in [1.807, 2.05) is 6.92 Å². The van der Waals surface area contributed by atoms with Gasteiger partial charge in [-0.1, -0.05) is 20.3 Å². The summed E-state index contributed by atoms with van der Waals surface area (Å²) in [6, 6.07) is 3.60. The molecule has 0 spiro atoms. The molecule has 1 aromatic carbocycles. The van der Waals surface area contributed by atoms with Gasteiger partial charge in [-0.3, -0.25) is 0 Å². The van der Waals surface area contributed by atoms with E-state index in [-0.39, 0.29) is 5.92 Å². The number of hydrogen-bond donors (Lipinski definition) is 1. The molecule has 0 amide bonds. The van der Waals surface area contributed by atoms with Crippen LogP contribution >= 0.6 is 0 Å². The first-order chi connectivity index (χ1) is 8.41. The molecule has 1 atom stereocenters. The molecule has 1 aromatic heterocycles. The third kappa shape index (κ3) is 2.49. The van der Waals surface area contributed by atoms with Crippen LogP contribution in [0.2, 0.25) is 0 Å². The Kier molecular flexibility index (Phi) is 3.32. The molecule has 0 saturated heterocycles. The van der Waals surface area contributed by atoms with Gasteiger partial charge in [-0.05, 0) is 24.6 Å². The highest BCUT2D eigenvalue weighted by molar-refractivity contribution is 5.76. The molecule has 18 heavy (non-hydrogen) atoms. The maximum Gasteiger partial charge on any atom is 0.416 e. The highest BCUT2D eigenvalue weighted by Crippen LogP contribution is 2.31. The fourth-order valence-electron chi connectivity index (χ4n) is 2.01. The molecule has 2 rings (SSSR count). The summed E-state index contributed by atoms with van der Waals surface area (Å²) in [4.78, 5) is 7.31. The first-order valence-corrected chi connectivity index (χ1v) is 5.98. The van der Waals surface area contributed by atoms with Crippen molar-refractivity contribution in [3.63, 3.8) is 0 Å². The summed E-state index contributed by atoms with van der Waals surface area (Å²) in [5, 5.41) is 0. The van der Waals surface area contributed by atoms with Crippen molar-refractivity contribution in [1.82, 2.24) is 9.97 Å². The Bertz CT molecular complexity index is 543. The van der Waals surface area contributed by atoms with E-state index in [1.165, 1.54) is 6.07 Å². The van der Waals surface area contributed by atoms with E-state index in [0.29, 0.717) is 11.0 Å². The Labute approximate surface area is 103 Å². The molecule has 0 radical (unpaired) electrons. The zero-order valence-corrected chi connectivity index (χ0v) is 10.3. The van der Waals surface area contributed by atoms with Gasteiger partial charge in [0.05, 0.1) is 16.6 Å². The van der Waals surface area contributed by atoms with Gasteiger partial charge in [0.25, 0.3) is 0 Å². The number of benzene rings is 1. The normalized spacial score (nSPS) is 14.1. The van der Waals surface area contributed by atoms with E-state index in [2.05, 4.69) is 16.9 Å². The van der Waals surface area contributed by atoms with Crippen molar-refractivity contribution in [3.05, 3.63) is 29.6 Å². The van der Waals surface area contributed by atoms with E-state index < -0.39 is 11.7 Å². The van der Waals surface area contributed by atoms with Crippen molar-refractivity contribution in [2.75, 3.05) is 0 Å². The minimum Gasteiger partial charge on any atom is -0.342 e. The summed E-state index contributed by atoms with van der Waals surface area (Å²) in [6.45, 7) is 4.09. The molecule has 0 bridgehead atoms. The number of hydrogen-bond acceptors (Lipinski definition) is 1. The molecule has 0 aliphatic carbocycles. The van der Waals surface area contributed by atoms with Crippen LogP contribution in [0.5, 0.6) is 0 Å². The molecule has 1 unspecified atom stereocenters. The zero-order chi connectivity index (χ0) is 13.3. The third-order valence-corrected chi connectivity index (χ3v) is 3.02. The molecule has 5 heteroatoms. The van der Waals surface area contributed by atoms with Crippen LogP contribution in [0, 0.1) is 0 Å². The number of halogens is 3. The van der Waals surface area contributed by atoms with E-state index >= 15 is 0 Å². The molecule has 0 fully saturated rings. The van der Waals surface area contributed by atoms with Crippen molar-refractivity contribution < 1.29 is 13.2 Å². The predicted molar refractivity (Wildman–Crippen MR) is 64.4 cm³/mol. The molecular formula is C13H15F3N2. The van der Waals surface area contributed by atoms with E-state index in [0.717, 1.165) is 30.8 Å². The Morgan fingerprint density at radius 3 is 2.67 bits per heavy atom. The fraction of sp³-hybridized carbons (Fsp3) is 0.462. The number of aromatic amines is 1. The van der Waals surface area contributed by atoms with Crippen LogP contribution in [0.1, 0.15) is 44.0 Å².